The van der Waals surface area contributed by atoms with E-state index in [0.717, 1.165) is 5.56 Å². The second-order valence-electron chi connectivity index (χ2n) is 3.84. The molecule has 0 saturated heterocycles. The highest BCUT2D eigenvalue weighted by molar-refractivity contribution is 5.71. The number of benzene rings is 1. The fraction of sp³-hybridized carbons (Fsp3) is 0.0769. The van der Waals surface area contributed by atoms with E-state index in [0.29, 0.717) is 23.1 Å². The van der Waals surface area contributed by atoms with Crippen LogP contribution < -0.4 is 0 Å². The van der Waals surface area contributed by atoms with Gasteiger partial charge in [0.1, 0.15) is 11.5 Å². The molecule has 2 aromatic heterocycles. The van der Waals surface area contributed by atoms with Crippen LogP contribution in [0.15, 0.2) is 45.4 Å². The van der Waals surface area contributed by atoms with Crippen molar-refractivity contribution in [1.29, 1.82) is 0 Å². The summed E-state index contributed by atoms with van der Waals surface area (Å²) in [7, 11) is 0. The number of phenols is 1. The first-order chi connectivity index (χ1) is 8.74. The molecular formula is C13H10N2O3. The molecule has 0 unspecified atom stereocenters. The first kappa shape index (κ1) is 10.6. The van der Waals surface area contributed by atoms with Gasteiger partial charge in [0.15, 0.2) is 0 Å². The number of hydrogen-bond donors (Lipinski definition) is 1. The zero-order valence-corrected chi connectivity index (χ0v) is 9.62. The third kappa shape index (κ3) is 1.75. The van der Waals surface area contributed by atoms with E-state index in [1.165, 1.54) is 0 Å². The zero-order chi connectivity index (χ0) is 12.5. The molecule has 0 aliphatic heterocycles. The van der Waals surface area contributed by atoms with Crippen LogP contribution in [-0.2, 0) is 0 Å². The number of nitrogens with zero attached hydrogens (tertiary/aromatic N) is 2. The second kappa shape index (κ2) is 4.03. The van der Waals surface area contributed by atoms with Crippen molar-refractivity contribution in [2.24, 2.45) is 0 Å². The van der Waals surface area contributed by atoms with Gasteiger partial charge in [-0.15, -0.1) is 10.2 Å². The molecule has 1 N–H and O–H groups in total. The predicted molar refractivity (Wildman–Crippen MR) is 63.8 cm³/mol. The summed E-state index contributed by atoms with van der Waals surface area (Å²) in [5.74, 6) is 1.55. The minimum absolute atomic E-state index is 0.0916. The SMILES string of the molecule is Cc1nnc(-c2cc(-c3ccco3)ccc2O)o1. The number of hydrogen-bond acceptors (Lipinski definition) is 5. The maximum atomic E-state index is 9.84. The van der Waals surface area contributed by atoms with Crippen LogP contribution in [0.4, 0.5) is 0 Å². The second-order valence-corrected chi connectivity index (χ2v) is 3.84. The molecule has 18 heavy (non-hydrogen) atoms. The van der Waals surface area contributed by atoms with Crippen LogP contribution in [0.3, 0.4) is 0 Å². The molecular weight excluding hydrogens is 232 g/mol. The van der Waals surface area contributed by atoms with Crippen LogP contribution in [0, 0.1) is 6.92 Å². The first-order valence-corrected chi connectivity index (χ1v) is 5.41. The van der Waals surface area contributed by atoms with Gasteiger partial charge in [-0.2, -0.15) is 0 Å². The molecule has 0 atom stereocenters. The number of phenolic OH excluding ortho intramolecular Hbond substituents is 1. The van der Waals surface area contributed by atoms with Gasteiger partial charge >= 0.3 is 0 Å². The van der Waals surface area contributed by atoms with Crippen molar-refractivity contribution in [2.45, 2.75) is 6.92 Å². The molecule has 3 rings (SSSR count). The molecule has 2 heterocycles. The molecule has 1 aromatic carbocycles. The molecule has 0 spiro atoms. The third-order valence-electron chi connectivity index (χ3n) is 2.56. The standard InChI is InChI=1S/C13H10N2O3/c1-8-14-15-13(18-8)10-7-9(4-5-11(10)16)12-3-2-6-17-12/h2-7,16H,1H3. The van der Waals surface area contributed by atoms with Crippen molar-refractivity contribution >= 4 is 0 Å². The number of furan rings is 1. The van der Waals surface area contributed by atoms with Crippen LogP contribution in [0.25, 0.3) is 22.8 Å². The van der Waals surface area contributed by atoms with Gasteiger partial charge in [0.05, 0.1) is 11.8 Å². The van der Waals surface area contributed by atoms with E-state index >= 15 is 0 Å². The van der Waals surface area contributed by atoms with Gasteiger partial charge in [-0.05, 0) is 30.3 Å². The predicted octanol–water partition coefficient (Wildman–Crippen LogP) is 3.01. The smallest absolute Gasteiger partial charge is 0.251 e. The van der Waals surface area contributed by atoms with Crippen LogP contribution in [0.1, 0.15) is 5.89 Å². The number of aromatic nitrogens is 2. The molecule has 0 saturated carbocycles. The van der Waals surface area contributed by atoms with Crippen molar-refractivity contribution in [2.75, 3.05) is 0 Å². The quantitative estimate of drug-likeness (QED) is 0.747. The van der Waals surface area contributed by atoms with Crippen molar-refractivity contribution in [1.82, 2.24) is 10.2 Å². The van der Waals surface area contributed by atoms with Crippen LogP contribution in [0.5, 0.6) is 5.75 Å². The average Bonchev–Trinajstić information content (AvgIpc) is 3.01. The molecule has 0 fully saturated rings. The Morgan fingerprint density at radius 1 is 1.17 bits per heavy atom. The van der Waals surface area contributed by atoms with E-state index in [9.17, 15) is 5.11 Å². The van der Waals surface area contributed by atoms with E-state index in [1.807, 2.05) is 6.07 Å². The van der Waals surface area contributed by atoms with Crippen LogP contribution >= 0.6 is 0 Å². The summed E-state index contributed by atoms with van der Waals surface area (Å²) < 4.78 is 10.6. The van der Waals surface area contributed by atoms with Crippen molar-refractivity contribution in [3.05, 3.63) is 42.5 Å². The Balaban J connectivity index is 2.12. The lowest BCUT2D eigenvalue weighted by atomic mass is 10.1. The topological polar surface area (TPSA) is 72.3 Å². The Labute approximate surface area is 103 Å². The molecule has 0 radical (unpaired) electrons. The highest BCUT2D eigenvalue weighted by Crippen LogP contribution is 2.32. The Morgan fingerprint density at radius 2 is 2.06 bits per heavy atom. The van der Waals surface area contributed by atoms with E-state index in [-0.39, 0.29) is 5.75 Å². The fourth-order valence-corrected chi connectivity index (χ4v) is 1.71. The molecule has 0 amide bonds. The summed E-state index contributed by atoms with van der Waals surface area (Å²) in [6.07, 6.45) is 1.60. The lowest BCUT2D eigenvalue weighted by Gasteiger charge is -2.02. The maximum Gasteiger partial charge on any atom is 0.251 e. The molecule has 3 aromatic rings. The molecule has 5 nitrogen and oxygen atoms in total. The molecule has 0 aliphatic carbocycles. The van der Waals surface area contributed by atoms with Crippen molar-refractivity contribution in [3.63, 3.8) is 0 Å². The number of rotatable bonds is 2. The van der Waals surface area contributed by atoms with Gasteiger partial charge in [0, 0.05) is 12.5 Å². The van der Waals surface area contributed by atoms with E-state index < -0.39 is 0 Å². The number of aryl methyl sites for hydroxylation is 1. The van der Waals surface area contributed by atoms with Gasteiger partial charge in [0.2, 0.25) is 5.89 Å². The van der Waals surface area contributed by atoms with E-state index in [2.05, 4.69) is 10.2 Å². The summed E-state index contributed by atoms with van der Waals surface area (Å²) in [6.45, 7) is 1.70. The summed E-state index contributed by atoms with van der Waals surface area (Å²) >= 11 is 0. The van der Waals surface area contributed by atoms with E-state index in [4.69, 9.17) is 8.83 Å². The summed E-state index contributed by atoms with van der Waals surface area (Å²) in [4.78, 5) is 0. The zero-order valence-electron chi connectivity index (χ0n) is 9.62. The minimum Gasteiger partial charge on any atom is -0.507 e. The lowest BCUT2D eigenvalue weighted by Crippen LogP contribution is -1.82. The van der Waals surface area contributed by atoms with Crippen molar-refractivity contribution < 1.29 is 13.9 Å². The fourth-order valence-electron chi connectivity index (χ4n) is 1.71. The van der Waals surface area contributed by atoms with Crippen molar-refractivity contribution in [3.8, 4) is 28.5 Å². The highest BCUT2D eigenvalue weighted by Gasteiger charge is 2.13. The third-order valence-corrected chi connectivity index (χ3v) is 2.56. The average molecular weight is 242 g/mol. The summed E-state index contributed by atoms with van der Waals surface area (Å²) in [6, 6.07) is 8.74. The Kier molecular flexibility index (Phi) is 2.37. The van der Waals surface area contributed by atoms with Gasteiger partial charge < -0.3 is 13.9 Å². The van der Waals surface area contributed by atoms with Gasteiger partial charge in [-0.3, -0.25) is 0 Å². The molecule has 0 aliphatic rings. The van der Waals surface area contributed by atoms with E-state index in [1.54, 1.807) is 37.5 Å². The molecule has 5 heteroatoms. The first-order valence-electron chi connectivity index (χ1n) is 5.41. The lowest BCUT2D eigenvalue weighted by molar-refractivity contribution is 0.471. The van der Waals surface area contributed by atoms with Gasteiger partial charge in [0.25, 0.3) is 5.89 Å². The Bertz CT molecular complexity index is 671. The van der Waals surface area contributed by atoms with Gasteiger partial charge in [-0.1, -0.05) is 0 Å². The van der Waals surface area contributed by atoms with Gasteiger partial charge in [-0.25, -0.2) is 0 Å². The normalized spacial score (nSPS) is 10.7. The monoisotopic (exact) mass is 242 g/mol. The Hall–Kier alpha value is -2.56. The minimum atomic E-state index is 0.0916. The largest absolute Gasteiger partial charge is 0.507 e. The molecule has 0 bridgehead atoms. The molecule has 90 valence electrons. The van der Waals surface area contributed by atoms with Crippen LogP contribution in [-0.4, -0.2) is 15.3 Å². The Morgan fingerprint density at radius 3 is 2.72 bits per heavy atom. The summed E-state index contributed by atoms with van der Waals surface area (Å²) in [5.41, 5.74) is 1.33. The highest BCUT2D eigenvalue weighted by atomic mass is 16.4. The maximum absolute atomic E-state index is 9.84. The van der Waals surface area contributed by atoms with Crippen LogP contribution in [0.2, 0.25) is 0 Å². The number of aromatic hydroxyl groups is 1. The summed E-state index contributed by atoms with van der Waals surface area (Å²) in [5, 5.41) is 17.5.